The standard InChI is InChI=1S/C7H5F8NO3S/c8-4(6(10,11)12)1-16-2-20(18,19)5(9,3(4)17)7(13,14)15/h16H,1-2H2. The Hall–Kier alpha value is -0.980. The highest BCUT2D eigenvalue weighted by Crippen LogP contribution is 2.47. The monoisotopic (exact) mass is 335 g/mol. The number of halogens is 8. The zero-order valence-corrected chi connectivity index (χ0v) is 9.89. The van der Waals surface area contributed by atoms with Crippen LogP contribution in [0.4, 0.5) is 35.1 Å². The van der Waals surface area contributed by atoms with Crippen molar-refractivity contribution in [2.75, 3.05) is 12.4 Å². The fraction of sp³-hybridized carbons (Fsp3) is 0.857. The lowest BCUT2D eigenvalue weighted by Gasteiger charge is -2.30. The minimum atomic E-state index is -6.56. The maximum absolute atomic E-state index is 13.7. The second-order valence-corrected chi connectivity index (χ2v) is 5.99. The van der Waals surface area contributed by atoms with Gasteiger partial charge in [0, 0.05) is 6.54 Å². The van der Waals surface area contributed by atoms with Gasteiger partial charge in [-0.3, -0.25) is 10.1 Å². The largest absolute Gasteiger partial charge is 0.445 e. The first-order chi connectivity index (χ1) is 8.61. The predicted octanol–water partition coefficient (Wildman–Crippen LogP) is 1.03. The summed E-state index contributed by atoms with van der Waals surface area (Å²) in [5.74, 6) is -5.73. The molecule has 2 atom stereocenters. The van der Waals surface area contributed by atoms with Crippen LogP contribution in [0, 0.1) is 0 Å². The number of alkyl halides is 8. The smallest absolute Gasteiger partial charge is 0.300 e. The number of carbonyl (C=O) groups excluding carboxylic acids is 1. The second-order valence-electron chi connectivity index (χ2n) is 3.91. The SMILES string of the molecule is O=C1C(F)(C(F)(F)F)CNCS(=O)(=O)C1(F)C(F)(F)F. The number of ketones is 1. The third-order valence-electron chi connectivity index (χ3n) is 2.56. The molecule has 1 N–H and O–H groups in total. The molecule has 1 heterocycles. The highest BCUT2D eigenvalue weighted by molar-refractivity contribution is 7.93. The van der Waals surface area contributed by atoms with Gasteiger partial charge in [0.2, 0.25) is 15.6 Å². The van der Waals surface area contributed by atoms with E-state index in [0.29, 0.717) is 0 Å². The molecule has 2 unspecified atom stereocenters. The molecular weight excluding hydrogens is 330 g/mol. The maximum atomic E-state index is 13.7. The van der Waals surface area contributed by atoms with Crippen LogP contribution in [0.5, 0.6) is 0 Å². The van der Waals surface area contributed by atoms with Crippen LogP contribution >= 0.6 is 0 Å². The fourth-order valence-electron chi connectivity index (χ4n) is 1.47. The molecule has 0 amide bonds. The summed E-state index contributed by atoms with van der Waals surface area (Å²) in [4.78, 5) is 11.1. The second kappa shape index (κ2) is 4.26. The van der Waals surface area contributed by atoms with Crippen molar-refractivity contribution in [1.29, 1.82) is 0 Å². The van der Waals surface area contributed by atoms with Crippen LogP contribution in [0.3, 0.4) is 0 Å². The number of carbonyl (C=O) groups is 1. The molecule has 4 nitrogen and oxygen atoms in total. The Kier molecular flexibility index (Phi) is 3.63. The van der Waals surface area contributed by atoms with Crippen molar-refractivity contribution in [2.45, 2.75) is 23.0 Å². The first-order valence-corrected chi connectivity index (χ1v) is 6.26. The summed E-state index contributed by atoms with van der Waals surface area (Å²) in [5, 5.41) is -4.83. The van der Waals surface area contributed by atoms with Crippen LogP contribution in [0.1, 0.15) is 0 Å². The highest BCUT2D eigenvalue weighted by atomic mass is 32.2. The lowest BCUT2D eigenvalue weighted by molar-refractivity contribution is -0.242. The minimum Gasteiger partial charge on any atom is -0.300 e. The molecule has 1 saturated heterocycles. The van der Waals surface area contributed by atoms with Gasteiger partial charge in [-0.15, -0.1) is 0 Å². The summed E-state index contributed by atoms with van der Waals surface area (Å²) in [6.07, 6.45) is -12.8. The Morgan fingerprint density at radius 1 is 1.00 bits per heavy atom. The highest BCUT2D eigenvalue weighted by Gasteiger charge is 2.79. The number of hydrogen-bond acceptors (Lipinski definition) is 4. The average Bonchev–Trinajstić information content (AvgIpc) is 2.28. The molecule has 1 rings (SSSR count). The van der Waals surface area contributed by atoms with Gasteiger partial charge in [0.1, 0.15) is 5.88 Å². The molecule has 1 fully saturated rings. The molecule has 0 saturated carbocycles. The molecule has 0 spiro atoms. The number of Topliss-reactive ketones (excluding diaryl/α,β-unsaturated/α-hetero) is 1. The van der Waals surface area contributed by atoms with Crippen LogP contribution in [-0.2, 0) is 14.6 Å². The van der Waals surface area contributed by atoms with Gasteiger partial charge in [0.25, 0.3) is 5.67 Å². The number of nitrogens with one attached hydrogen (secondary N) is 1. The molecule has 0 aliphatic carbocycles. The normalized spacial score (nSPS) is 35.7. The van der Waals surface area contributed by atoms with Crippen LogP contribution in [0.15, 0.2) is 0 Å². The summed E-state index contributed by atoms with van der Waals surface area (Å²) in [5.41, 5.74) is -5.32. The van der Waals surface area contributed by atoms with E-state index in [1.165, 1.54) is 0 Å². The van der Waals surface area contributed by atoms with Gasteiger partial charge < -0.3 is 0 Å². The summed E-state index contributed by atoms with van der Waals surface area (Å²) >= 11 is 0. The average molecular weight is 335 g/mol. The lowest BCUT2D eigenvalue weighted by Crippen LogP contribution is -2.64. The van der Waals surface area contributed by atoms with Gasteiger partial charge >= 0.3 is 17.4 Å². The summed E-state index contributed by atoms with van der Waals surface area (Å²) in [6, 6.07) is 0. The quantitative estimate of drug-likeness (QED) is 0.672. The third kappa shape index (κ3) is 2.06. The molecule has 0 aromatic heterocycles. The van der Waals surface area contributed by atoms with E-state index in [1.54, 1.807) is 0 Å². The van der Waals surface area contributed by atoms with E-state index in [1.807, 2.05) is 0 Å². The Labute approximate surface area is 106 Å². The Morgan fingerprint density at radius 3 is 1.80 bits per heavy atom. The summed E-state index contributed by atoms with van der Waals surface area (Å²) in [7, 11) is -6.09. The Morgan fingerprint density at radius 2 is 1.45 bits per heavy atom. The fourth-order valence-corrected chi connectivity index (χ4v) is 2.83. The van der Waals surface area contributed by atoms with Crippen molar-refractivity contribution in [1.82, 2.24) is 5.32 Å². The molecule has 13 heteroatoms. The molecule has 118 valence electrons. The first kappa shape index (κ1) is 17.1. The van der Waals surface area contributed by atoms with E-state index >= 15 is 0 Å². The van der Waals surface area contributed by atoms with E-state index in [0.717, 1.165) is 5.32 Å². The van der Waals surface area contributed by atoms with E-state index in [9.17, 15) is 48.3 Å². The van der Waals surface area contributed by atoms with Crippen molar-refractivity contribution >= 4 is 15.6 Å². The van der Waals surface area contributed by atoms with Crippen LogP contribution < -0.4 is 5.32 Å². The Balaban J connectivity index is 3.65. The van der Waals surface area contributed by atoms with Crippen molar-refractivity contribution in [3.8, 4) is 0 Å². The zero-order valence-electron chi connectivity index (χ0n) is 9.07. The van der Waals surface area contributed by atoms with Crippen LogP contribution in [0.25, 0.3) is 0 Å². The molecule has 0 aromatic carbocycles. The molecular formula is C7H5F8NO3S. The number of sulfone groups is 1. The van der Waals surface area contributed by atoms with Gasteiger partial charge in [-0.1, -0.05) is 0 Å². The van der Waals surface area contributed by atoms with Crippen molar-refractivity contribution in [3.05, 3.63) is 0 Å². The minimum absolute atomic E-state index is 1.15. The molecule has 20 heavy (non-hydrogen) atoms. The Bertz CT molecular complexity index is 525. The topological polar surface area (TPSA) is 63.2 Å². The van der Waals surface area contributed by atoms with Crippen LogP contribution in [0.2, 0.25) is 0 Å². The molecule has 0 radical (unpaired) electrons. The van der Waals surface area contributed by atoms with Gasteiger partial charge in [-0.25, -0.2) is 17.2 Å². The zero-order chi connectivity index (χ0) is 16.2. The van der Waals surface area contributed by atoms with Crippen molar-refractivity contribution in [3.63, 3.8) is 0 Å². The predicted molar refractivity (Wildman–Crippen MR) is 46.6 cm³/mol. The molecule has 0 bridgehead atoms. The van der Waals surface area contributed by atoms with Gasteiger partial charge in [0.05, 0.1) is 0 Å². The van der Waals surface area contributed by atoms with Gasteiger partial charge in [-0.05, 0) is 0 Å². The van der Waals surface area contributed by atoms with E-state index in [4.69, 9.17) is 0 Å². The van der Waals surface area contributed by atoms with E-state index < -0.39 is 51.1 Å². The number of hydrogen-bond donors (Lipinski definition) is 1. The molecule has 1 aliphatic heterocycles. The van der Waals surface area contributed by atoms with Gasteiger partial charge in [-0.2, -0.15) is 26.3 Å². The van der Waals surface area contributed by atoms with Crippen molar-refractivity contribution in [2.24, 2.45) is 0 Å². The van der Waals surface area contributed by atoms with E-state index in [-0.39, 0.29) is 0 Å². The van der Waals surface area contributed by atoms with Crippen molar-refractivity contribution < 1.29 is 48.3 Å². The maximum Gasteiger partial charge on any atom is 0.445 e. The number of rotatable bonds is 0. The summed E-state index contributed by atoms with van der Waals surface area (Å²) in [6.45, 7) is -2.14. The van der Waals surface area contributed by atoms with Crippen LogP contribution in [-0.4, -0.2) is 49.6 Å². The first-order valence-electron chi connectivity index (χ1n) is 4.60. The third-order valence-corrected chi connectivity index (χ3v) is 4.41. The summed E-state index contributed by atoms with van der Waals surface area (Å²) < 4.78 is 124. The van der Waals surface area contributed by atoms with E-state index in [2.05, 4.69) is 0 Å². The molecule has 0 aromatic rings. The molecule has 1 aliphatic rings. The van der Waals surface area contributed by atoms with Gasteiger partial charge in [0.15, 0.2) is 0 Å². The lowest BCUT2D eigenvalue weighted by atomic mass is 9.95.